The number of fused-ring (bicyclic) bond motifs is 1. The predicted octanol–water partition coefficient (Wildman–Crippen LogP) is 1.13. The molecule has 4 rings (SSSR count). The predicted molar refractivity (Wildman–Crippen MR) is 140 cm³/mol. The third kappa shape index (κ3) is 5.86. The van der Waals surface area contributed by atoms with Crippen LogP contribution < -0.4 is 16.4 Å². The van der Waals surface area contributed by atoms with Crippen LogP contribution in [-0.2, 0) is 24.0 Å². The number of amidine groups is 1. The first kappa shape index (κ1) is 25.6. The van der Waals surface area contributed by atoms with Gasteiger partial charge < -0.3 is 25.9 Å². The minimum absolute atomic E-state index is 0.00747. The first-order chi connectivity index (χ1) is 17.8. The number of nitrogen functional groups attached to an aromatic ring is 1. The zero-order valence-corrected chi connectivity index (χ0v) is 20.6. The minimum atomic E-state index is -1.15. The van der Waals surface area contributed by atoms with E-state index in [-0.39, 0.29) is 29.4 Å². The van der Waals surface area contributed by atoms with Gasteiger partial charge in [-0.2, -0.15) is 0 Å². The van der Waals surface area contributed by atoms with E-state index in [2.05, 4.69) is 20.8 Å². The quantitative estimate of drug-likeness (QED) is 0.166. The molecule has 0 spiro atoms. The molecule has 2 aliphatic rings. The monoisotopic (exact) mass is 520 g/mol. The fourth-order valence-corrected chi connectivity index (χ4v) is 4.13. The van der Waals surface area contributed by atoms with E-state index in [4.69, 9.17) is 32.9 Å². The van der Waals surface area contributed by atoms with Crippen molar-refractivity contribution in [3.8, 4) is 0 Å². The Bertz CT molecular complexity index is 1340. The van der Waals surface area contributed by atoms with Gasteiger partial charge in [0.05, 0.1) is 29.8 Å². The number of para-hydroxylation sites is 1. The Morgan fingerprint density at radius 1 is 1.22 bits per heavy atom. The van der Waals surface area contributed by atoms with Gasteiger partial charge in [0.15, 0.2) is 0 Å². The van der Waals surface area contributed by atoms with Gasteiger partial charge >= 0.3 is 5.97 Å². The molecule has 2 aromatic rings. The number of nitrogens with one attached hydrogen (secondary N) is 3. The lowest BCUT2D eigenvalue weighted by Gasteiger charge is -2.17. The number of esters is 1. The minimum Gasteiger partial charge on any atom is -0.467 e. The van der Waals surface area contributed by atoms with Crippen molar-refractivity contribution in [2.75, 3.05) is 13.7 Å². The number of oxime groups is 1. The Morgan fingerprint density at radius 3 is 2.62 bits per heavy atom. The molecule has 0 aliphatic carbocycles. The second kappa shape index (κ2) is 11.1. The number of nitrogens with two attached hydrogens (primary N) is 1. The van der Waals surface area contributed by atoms with E-state index in [1.807, 2.05) is 0 Å². The average Bonchev–Trinajstić information content (AvgIpc) is 3.50. The van der Waals surface area contributed by atoms with Crippen LogP contribution in [0.4, 0.5) is 5.69 Å². The molecule has 0 fully saturated rings. The molecule has 2 amide bonds. The number of hydrogen-bond acceptors (Lipinski definition) is 9. The molecular weight excluding hydrogens is 496 g/mol. The molecule has 0 saturated carbocycles. The van der Waals surface area contributed by atoms with Gasteiger partial charge in [0.2, 0.25) is 5.91 Å². The molecular formula is C25H24N6O5S. The van der Waals surface area contributed by atoms with Crippen LogP contribution in [0.2, 0.25) is 0 Å². The SMILES string of the molecule is COC(=O)C(CNC(=O)CC1CC(c2ccc(C(=N)N)cc2)=NO1)NC(=O)C1=Nc2ccccc2C1=S. The van der Waals surface area contributed by atoms with E-state index in [1.165, 1.54) is 7.11 Å². The van der Waals surface area contributed by atoms with Gasteiger partial charge in [-0.1, -0.05) is 59.8 Å². The molecule has 37 heavy (non-hydrogen) atoms. The molecule has 0 radical (unpaired) electrons. The number of amides is 2. The van der Waals surface area contributed by atoms with E-state index in [0.717, 1.165) is 5.56 Å². The van der Waals surface area contributed by atoms with Crippen molar-refractivity contribution in [1.29, 1.82) is 5.41 Å². The number of thiocarbonyl (C=S) groups is 1. The third-order valence-electron chi connectivity index (χ3n) is 5.78. The molecule has 2 unspecified atom stereocenters. The van der Waals surface area contributed by atoms with Crippen molar-refractivity contribution >= 4 is 57.8 Å². The normalized spacial score (nSPS) is 16.6. The highest BCUT2D eigenvalue weighted by atomic mass is 32.1. The molecule has 190 valence electrons. The molecule has 0 saturated heterocycles. The van der Waals surface area contributed by atoms with Crippen molar-refractivity contribution in [3.05, 3.63) is 65.2 Å². The molecule has 2 atom stereocenters. The number of aliphatic imine (C=N–C) groups is 1. The van der Waals surface area contributed by atoms with Gasteiger partial charge in [-0.05, 0) is 11.6 Å². The summed E-state index contributed by atoms with van der Waals surface area (Å²) in [5.41, 5.74) is 8.81. The van der Waals surface area contributed by atoms with Crippen molar-refractivity contribution < 1.29 is 24.0 Å². The summed E-state index contributed by atoms with van der Waals surface area (Å²) in [5, 5.41) is 16.7. The van der Waals surface area contributed by atoms with E-state index in [0.29, 0.717) is 28.9 Å². The number of hydrogen-bond donors (Lipinski definition) is 4. The summed E-state index contributed by atoms with van der Waals surface area (Å²) in [6, 6.07) is 12.9. The van der Waals surface area contributed by atoms with Gasteiger partial charge in [-0.15, -0.1) is 0 Å². The molecule has 2 heterocycles. The second-order valence-corrected chi connectivity index (χ2v) is 8.73. The Hall–Kier alpha value is -4.45. The van der Waals surface area contributed by atoms with Gasteiger partial charge in [0.25, 0.3) is 5.91 Å². The summed E-state index contributed by atoms with van der Waals surface area (Å²) in [6.07, 6.45) is -0.0914. The van der Waals surface area contributed by atoms with Gasteiger partial charge in [0.1, 0.15) is 23.7 Å². The lowest BCUT2D eigenvalue weighted by atomic mass is 10.0. The Kier molecular flexibility index (Phi) is 7.68. The van der Waals surface area contributed by atoms with E-state index in [1.54, 1.807) is 48.5 Å². The fourth-order valence-electron chi connectivity index (χ4n) is 3.82. The third-order valence-corrected chi connectivity index (χ3v) is 6.19. The molecule has 5 N–H and O–H groups in total. The number of benzene rings is 2. The van der Waals surface area contributed by atoms with E-state index >= 15 is 0 Å². The maximum absolute atomic E-state index is 12.8. The topological polar surface area (TPSA) is 168 Å². The highest BCUT2D eigenvalue weighted by Gasteiger charge is 2.31. The molecule has 2 aliphatic heterocycles. The second-order valence-electron chi connectivity index (χ2n) is 8.32. The summed E-state index contributed by atoms with van der Waals surface area (Å²) < 4.78 is 4.77. The van der Waals surface area contributed by atoms with Crippen LogP contribution in [0, 0.1) is 5.41 Å². The summed E-state index contributed by atoms with van der Waals surface area (Å²) >= 11 is 5.35. The van der Waals surface area contributed by atoms with Crippen molar-refractivity contribution in [3.63, 3.8) is 0 Å². The van der Waals surface area contributed by atoms with Gasteiger partial charge in [0, 0.05) is 24.1 Å². The highest BCUT2D eigenvalue weighted by molar-refractivity contribution is 7.83. The van der Waals surface area contributed by atoms with Crippen LogP contribution in [0.5, 0.6) is 0 Å². The van der Waals surface area contributed by atoms with Crippen LogP contribution in [0.25, 0.3) is 0 Å². The largest absolute Gasteiger partial charge is 0.467 e. The molecule has 2 aromatic carbocycles. The van der Waals surface area contributed by atoms with E-state index < -0.39 is 29.9 Å². The summed E-state index contributed by atoms with van der Waals surface area (Å²) in [6.45, 7) is -0.197. The lowest BCUT2D eigenvalue weighted by Crippen LogP contribution is -2.51. The first-order valence-corrected chi connectivity index (χ1v) is 11.7. The summed E-state index contributed by atoms with van der Waals surface area (Å²) in [5.74, 6) is -1.79. The average molecular weight is 521 g/mol. The van der Waals surface area contributed by atoms with Gasteiger partial charge in [-0.3, -0.25) is 15.0 Å². The number of carbonyl (C=O) groups is 3. The standard InChI is InChI=1S/C25H24N6O5S/c1-35-25(34)19(30-24(33)21-22(37)16-4-2-3-5-17(16)29-21)12-28-20(32)11-15-10-18(31-36-15)13-6-8-14(9-7-13)23(26)27/h2-9,15,19H,10-12H2,1H3,(H3,26,27)(H,28,32)(H,30,33). The zero-order chi connectivity index (χ0) is 26.5. The Morgan fingerprint density at radius 2 is 1.95 bits per heavy atom. The lowest BCUT2D eigenvalue weighted by molar-refractivity contribution is -0.144. The highest BCUT2D eigenvalue weighted by Crippen LogP contribution is 2.26. The van der Waals surface area contributed by atoms with Crippen LogP contribution >= 0.6 is 12.2 Å². The fraction of sp³-hybridized carbons (Fsp3) is 0.240. The number of methoxy groups -OCH3 is 1. The van der Waals surface area contributed by atoms with Crippen molar-refractivity contribution in [2.24, 2.45) is 15.9 Å². The maximum atomic E-state index is 12.8. The Balaban J connectivity index is 1.29. The number of ether oxygens (including phenoxy) is 1. The summed E-state index contributed by atoms with van der Waals surface area (Å²) in [7, 11) is 1.19. The molecule has 11 nitrogen and oxygen atoms in total. The van der Waals surface area contributed by atoms with Crippen molar-refractivity contribution in [1.82, 2.24) is 10.6 Å². The maximum Gasteiger partial charge on any atom is 0.330 e. The molecule has 12 heteroatoms. The van der Waals surface area contributed by atoms with Crippen LogP contribution in [0.15, 0.2) is 58.7 Å². The Labute approximate surface area is 217 Å². The van der Waals surface area contributed by atoms with Gasteiger partial charge in [-0.25, -0.2) is 9.79 Å². The molecule has 0 bridgehead atoms. The van der Waals surface area contributed by atoms with Crippen molar-refractivity contribution in [2.45, 2.75) is 25.0 Å². The number of rotatable bonds is 9. The van der Waals surface area contributed by atoms with Crippen LogP contribution in [0.1, 0.15) is 29.5 Å². The number of nitrogens with zero attached hydrogens (tertiary/aromatic N) is 2. The van der Waals surface area contributed by atoms with Crippen LogP contribution in [-0.4, -0.2) is 65.7 Å². The summed E-state index contributed by atoms with van der Waals surface area (Å²) in [4.78, 5) is 47.5. The smallest absolute Gasteiger partial charge is 0.330 e. The zero-order valence-electron chi connectivity index (χ0n) is 19.8. The van der Waals surface area contributed by atoms with E-state index in [9.17, 15) is 14.4 Å². The first-order valence-electron chi connectivity index (χ1n) is 11.3. The number of carbonyl (C=O) groups excluding carboxylic acids is 3. The van der Waals surface area contributed by atoms with Crippen LogP contribution in [0.3, 0.4) is 0 Å². The molecule has 0 aromatic heterocycles.